The summed E-state index contributed by atoms with van der Waals surface area (Å²) < 4.78 is 0. The Labute approximate surface area is 355 Å². The lowest BCUT2D eigenvalue weighted by atomic mass is 10.1. The van der Waals surface area contributed by atoms with E-state index < -0.39 is 0 Å². The summed E-state index contributed by atoms with van der Waals surface area (Å²) in [7, 11) is 0. The van der Waals surface area contributed by atoms with Crippen LogP contribution >= 0.6 is 0 Å². The fourth-order valence-corrected chi connectivity index (χ4v) is 5.17. The Bertz CT molecular complexity index is 2360. The SMILES string of the molecule is Cc1ccc(-c2ccccn2)cc1.Cc1cccc(-c2ccccn2)c1.Cc1ccccc1-c1ccccn1.Cc1cccnc1.Cc1cncnc1.Cc1ncccn1. The van der Waals surface area contributed by atoms with E-state index in [0.29, 0.717) is 0 Å². The molecule has 60 heavy (non-hydrogen) atoms. The van der Waals surface area contributed by atoms with Gasteiger partial charge in [-0.1, -0.05) is 102 Å². The molecular formula is C52H52N8. The van der Waals surface area contributed by atoms with E-state index >= 15 is 0 Å². The van der Waals surface area contributed by atoms with Gasteiger partial charge in [-0.3, -0.25) is 19.9 Å². The molecule has 0 aliphatic heterocycles. The van der Waals surface area contributed by atoms with Gasteiger partial charge in [-0.05, 0) is 113 Å². The molecule has 0 fully saturated rings. The molecule has 0 aliphatic rings. The van der Waals surface area contributed by atoms with Crippen LogP contribution in [0.3, 0.4) is 0 Å². The van der Waals surface area contributed by atoms with Crippen molar-refractivity contribution in [2.45, 2.75) is 41.5 Å². The van der Waals surface area contributed by atoms with Gasteiger partial charge in [0.2, 0.25) is 0 Å². The highest BCUT2D eigenvalue weighted by molar-refractivity contribution is 5.63. The second kappa shape index (κ2) is 26.4. The smallest absolute Gasteiger partial charge is 0.125 e. The molecule has 0 bridgehead atoms. The minimum atomic E-state index is 0.822. The Kier molecular flexibility index (Phi) is 19.8. The van der Waals surface area contributed by atoms with E-state index in [2.05, 4.69) is 121 Å². The van der Waals surface area contributed by atoms with E-state index in [1.165, 1.54) is 45.3 Å². The van der Waals surface area contributed by atoms with E-state index in [0.717, 1.165) is 28.5 Å². The van der Waals surface area contributed by atoms with Crippen LogP contribution < -0.4 is 0 Å². The number of hydrogen-bond donors (Lipinski definition) is 0. The number of benzene rings is 3. The maximum Gasteiger partial charge on any atom is 0.125 e. The van der Waals surface area contributed by atoms with Crippen molar-refractivity contribution < 1.29 is 0 Å². The zero-order valence-corrected chi connectivity index (χ0v) is 35.2. The Morgan fingerprint density at radius 2 is 0.850 bits per heavy atom. The maximum absolute atomic E-state index is 4.31. The van der Waals surface area contributed by atoms with Gasteiger partial charge in [0.1, 0.15) is 12.2 Å². The monoisotopic (exact) mass is 788 g/mol. The van der Waals surface area contributed by atoms with Crippen molar-refractivity contribution in [1.29, 1.82) is 0 Å². The molecule has 6 aromatic heterocycles. The quantitative estimate of drug-likeness (QED) is 0.174. The van der Waals surface area contributed by atoms with E-state index in [1.54, 1.807) is 37.1 Å². The number of aromatic nitrogens is 8. The lowest BCUT2D eigenvalue weighted by Crippen LogP contribution is -1.84. The molecule has 300 valence electrons. The summed E-state index contributed by atoms with van der Waals surface area (Å²) in [6.07, 6.45) is 17.6. The Balaban J connectivity index is 0.000000163. The topological polar surface area (TPSA) is 103 Å². The highest BCUT2D eigenvalue weighted by atomic mass is 14.8. The van der Waals surface area contributed by atoms with Gasteiger partial charge in [0.05, 0.1) is 17.1 Å². The summed E-state index contributed by atoms with van der Waals surface area (Å²) in [5, 5.41) is 0. The Morgan fingerprint density at radius 3 is 1.30 bits per heavy atom. The minimum Gasteiger partial charge on any atom is -0.264 e. The third kappa shape index (κ3) is 17.7. The van der Waals surface area contributed by atoms with Crippen LogP contribution in [-0.2, 0) is 0 Å². The zero-order chi connectivity index (χ0) is 42.6. The van der Waals surface area contributed by atoms with E-state index in [4.69, 9.17) is 0 Å². The van der Waals surface area contributed by atoms with Crippen LogP contribution in [0.2, 0.25) is 0 Å². The zero-order valence-electron chi connectivity index (χ0n) is 35.2. The summed E-state index contributed by atoms with van der Waals surface area (Å²) in [6, 6.07) is 48.7. The molecule has 0 unspecified atom stereocenters. The average Bonchev–Trinajstić information content (AvgIpc) is 3.30. The summed E-state index contributed by atoms with van der Waals surface area (Å²) >= 11 is 0. The Hall–Kier alpha value is -7.58. The number of hydrogen-bond acceptors (Lipinski definition) is 8. The number of rotatable bonds is 3. The molecule has 6 heterocycles. The molecule has 0 spiro atoms. The van der Waals surface area contributed by atoms with Crippen molar-refractivity contribution >= 4 is 0 Å². The van der Waals surface area contributed by atoms with E-state index in [1.807, 2.05) is 124 Å². The summed E-state index contributed by atoms with van der Waals surface area (Å²) in [5.41, 5.74) is 12.8. The van der Waals surface area contributed by atoms with Crippen molar-refractivity contribution in [2.24, 2.45) is 0 Å². The first-order chi connectivity index (χ1) is 29.3. The fraction of sp³-hybridized carbons (Fsp3) is 0.115. The molecule has 0 amide bonds. The standard InChI is InChI=1S/3C12H11N.C6H7N.2C5H6N2/c1-10-5-4-6-11(9-10)12-7-2-3-8-13-12;1-10-6-2-3-7-11(10)12-8-4-5-9-13-12;1-10-5-7-11(8-6-10)12-4-2-3-9-13-12;1-6-3-2-4-7-5-6;1-5-2-6-4-7-3-5;1-5-6-3-2-4-7-5/h3*2-9H,1H3;2-5H,1H3;2*2-4H,1H3. The van der Waals surface area contributed by atoms with Crippen LogP contribution in [0.5, 0.6) is 0 Å². The van der Waals surface area contributed by atoms with E-state index in [-0.39, 0.29) is 0 Å². The molecule has 0 saturated heterocycles. The van der Waals surface area contributed by atoms with Gasteiger partial charge in [-0.2, -0.15) is 0 Å². The molecule has 0 atom stereocenters. The third-order valence-electron chi connectivity index (χ3n) is 8.27. The molecule has 9 rings (SSSR count). The van der Waals surface area contributed by atoms with Crippen molar-refractivity contribution in [3.63, 3.8) is 0 Å². The summed E-state index contributed by atoms with van der Waals surface area (Å²) in [6.45, 7) is 12.1. The first-order valence-electron chi connectivity index (χ1n) is 19.5. The lowest BCUT2D eigenvalue weighted by molar-refractivity contribution is 1.05. The van der Waals surface area contributed by atoms with Gasteiger partial charge < -0.3 is 0 Å². The predicted molar refractivity (Wildman–Crippen MR) is 246 cm³/mol. The molecule has 8 heteroatoms. The summed E-state index contributed by atoms with van der Waals surface area (Å²) in [5.74, 6) is 0.822. The normalized spacial score (nSPS) is 9.50. The van der Waals surface area contributed by atoms with Crippen molar-refractivity contribution in [2.75, 3.05) is 0 Å². The summed E-state index contributed by atoms with van der Waals surface area (Å²) in [4.78, 5) is 32.0. The predicted octanol–water partition coefficient (Wildman–Crippen LogP) is 12.1. The molecule has 0 saturated carbocycles. The van der Waals surface area contributed by atoms with Crippen molar-refractivity contribution in [3.05, 3.63) is 241 Å². The molecule has 3 aromatic carbocycles. The molecule has 0 radical (unpaired) electrons. The fourth-order valence-electron chi connectivity index (χ4n) is 5.17. The van der Waals surface area contributed by atoms with Crippen LogP contribution in [0.25, 0.3) is 33.8 Å². The minimum absolute atomic E-state index is 0.822. The molecule has 0 aliphatic carbocycles. The van der Waals surface area contributed by atoms with Gasteiger partial charge in [0, 0.05) is 72.5 Å². The highest BCUT2D eigenvalue weighted by Gasteiger charge is 2.00. The van der Waals surface area contributed by atoms with Crippen LogP contribution in [0.4, 0.5) is 0 Å². The van der Waals surface area contributed by atoms with Gasteiger partial charge in [-0.25, -0.2) is 19.9 Å². The maximum atomic E-state index is 4.31. The van der Waals surface area contributed by atoms with Crippen LogP contribution in [-0.4, -0.2) is 39.9 Å². The molecule has 8 nitrogen and oxygen atoms in total. The molecule has 9 aromatic rings. The van der Waals surface area contributed by atoms with Crippen LogP contribution in [0.1, 0.15) is 33.6 Å². The Morgan fingerprint density at radius 1 is 0.317 bits per heavy atom. The van der Waals surface area contributed by atoms with Gasteiger partial charge in [0.15, 0.2) is 0 Å². The second-order valence-electron chi connectivity index (χ2n) is 13.4. The van der Waals surface area contributed by atoms with Crippen LogP contribution in [0.15, 0.2) is 208 Å². The van der Waals surface area contributed by atoms with Gasteiger partial charge >= 0.3 is 0 Å². The van der Waals surface area contributed by atoms with Gasteiger partial charge in [-0.15, -0.1) is 0 Å². The largest absolute Gasteiger partial charge is 0.264 e. The lowest BCUT2D eigenvalue weighted by Gasteiger charge is -2.03. The first-order valence-corrected chi connectivity index (χ1v) is 19.5. The van der Waals surface area contributed by atoms with Gasteiger partial charge in [0.25, 0.3) is 0 Å². The highest BCUT2D eigenvalue weighted by Crippen LogP contribution is 2.20. The number of pyridine rings is 4. The number of aryl methyl sites for hydroxylation is 6. The van der Waals surface area contributed by atoms with Crippen molar-refractivity contribution in [1.82, 2.24) is 39.9 Å². The third-order valence-corrected chi connectivity index (χ3v) is 8.27. The number of nitrogens with zero attached hydrogens (tertiary/aromatic N) is 8. The molecular weight excluding hydrogens is 737 g/mol. The first kappa shape index (κ1) is 45.1. The van der Waals surface area contributed by atoms with Crippen LogP contribution in [0, 0.1) is 41.5 Å². The van der Waals surface area contributed by atoms with E-state index in [9.17, 15) is 0 Å². The van der Waals surface area contributed by atoms with Crippen molar-refractivity contribution in [3.8, 4) is 33.8 Å². The second-order valence-corrected chi connectivity index (χ2v) is 13.4. The molecule has 0 N–H and O–H groups in total. The average molecular weight is 789 g/mol.